The number of aromatic amines is 1. The molecule has 0 unspecified atom stereocenters. The fraction of sp³-hybridized carbons (Fsp3) is 0.280. The predicted octanol–water partition coefficient (Wildman–Crippen LogP) is 3.14. The molecular formula is C25H27N7O. The molecule has 1 aliphatic heterocycles. The molecule has 8 heteroatoms. The zero-order chi connectivity index (χ0) is 22.9. The van der Waals surface area contributed by atoms with Gasteiger partial charge in [-0.2, -0.15) is 0 Å². The van der Waals surface area contributed by atoms with Crippen LogP contribution >= 0.6 is 0 Å². The molecule has 1 N–H and O–H groups in total. The number of benzene rings is 1. The predicted molar refractivity (Wildman–Crippen MR) is 130 cm³/mol. The molecule has 1 aromatic carbocycles. The molecule has 8 nitrogen and oxygen atoms in total. The summed E-state index contributed by atoms with van der Waals surface area (Å²) in [7, 11) is 5.54. The molecule has 0 radical (unpaired) electrons. The van der Waals surface area contributed by atoms with E-state index < -0.39 is 0 Å². The van der Waals surface area contributed by atoms with E-state index in [1.165, 1.54) is 10.6 Å². The lowest BCUT2D eigenvalue weighted by Gasteiger charge is -2.34. The van der Waals surface area contributed by atoms with Crippen LogP contribution < -0.4 is 4.90 Å². The summed E-state index contributed by atoms with van der Waals surface area (Å²) < 4.78 is 0. The lowest BCUT2D eigenvalue weighted by Crippen LogP contribution is -2.44. The van der Waals surface area contributed by atoms with Crippen molar-refractivity contribution >= 4 is 22.6 Å². The third-order valence-electron chi connectivity index (χ3n) is 6.16. The van der Waals surface area contributed by atoms with Gasteiger partial charge in [0.1, 0.15) is 5.65 Å². The largest absolute Gasteiger partial charge is 0.369 e. The van der Waals surface area contributed by atoms with Gasteiger partial charge < -0.3 is 19.7 Å². The number of nitrogens with zero attached hydrogens (tertiary/aromatic N) is 6. The van der Waals surface area contributed by atoms with Gasteiger partial charge in [-0.1, -0.05) is 12.1 Å². The summed E-state index contributed by atoms with van der Waals surface area (Å²) in [6.07, 6.45) is 7.17. The molecule has 4 heterocycles. The van der Waals surface area contributed by atoms with Crippen molar-refractivity contribution in [3.63, 3.8) is 0 Å². The maximum atomic E-state index is 12.1. The first-order valence-electron chi connectivity index (χ1n) is 11.0. The second kappa shape index (κ2) is 8.63. The Morgan fingerprint density at radius 3 is 2.24 bits per heavy atom. The van der Waals surface area contributed by atoms with E-state index in [-0.39, 0.29) is 11.7 Å². The second-order valence-corrected chi connectivity index (χ2v) is 8.65. The number of rotatable bonds is 4. The molecule has 3 aromatic heterocycles. The highest BCUT2D eigenvalue weighted by molar-refractivity contribution is 5.96. The number of pyridine rings is 1. The third kappa shape index (κ3) is 4.17. The van der Waals surface area contributed by atoms with E-state index in [9.17, 15) is 4.79 Å². The molecule has 0 spiro atoms. The van der Waals surface area contributed by atoms with Gasteiger partial charge >= 0.3 is 0 Å². The van der Waals surface area contributed by atoms with E-state index in [1.807, 2.05) is 12.4 Å². The maximum absolute atomic E-state index is 12.1. The number of anilines is 1. The molecule has 0 saturated carbocycles. The van der Waals surface area contributed by atoms with Crippen LogP contribution in [0.2, 0.25) is 0 Å². The quantitative estimate of drug-likeness (QED) is 0.524. The van der Waals surface area contributed by atoms with E-state index in [0.717, 1.165) is 59.5 Å². The first kappa shape index (κ1) is 21.1. The maximum Gasteiger partial charge on any atom is 0.291 e. The van der Waals surface area contributed by atoms with Gasteiger partial charge in [0.05, 0.1) is 0 Å². The first-order chi connectivity index (χ1) is 16.0. The van der Waals surface area contributed by atoms with Crippen LogP contribution in [0.4, 0.5) is 5.69 Å². The summed E-state index contributed by atoms with van der Waals surface area (Å²) in [5.41, 5.74) is 6.02. The summed E-state index contributed by atoms with van der Waals surface area (Å²) in [4.78, 5) is 34.7. The van der Waals surface area contributed by atoms with Gasteiger partial charge in [-0.25, -0.2) is 15.0 Å². The SMILES string of the molecule is CN1CCN(c2ccc(-c3cnc4[nH]cc(-c5cnc(C(=O)N(C)C)nc5)c4c3)cc2)CC1. The lowest BCUT2D eigenvalue weighted by molar-refractivity contribution is 0.0816. The number of hydrogen-bond donors (Lipinski definition) is 1. The number of nitrogens with one attached hydrogen (secondary N) is 1. The van der Waals surface area contributed by atoms with Gasteiger partial charge in [0.2, 0.25) is 5.82 Å². The van der Waals surface area contributed by atoms with Crippen LogP contribution in [-0.2, 0) is 0 Å². The molecule has 5 rings (SSSR count). The van der Waals surface area contributed by atoms with Crippen molar-refractivity contribution in [1.29, 1.82) is 0 Å². The van der Waals surface area contributed by atoms with Crippen molar-refractivity contribution in [3.8, 4) is 22.3 Å². The fourth-order valence-electron chi connectivity index (χ4n) is 4.11. The average Bonchev–Trinajstić information content (AvgIpc) is 3.27. The van der Waals surface area contributed by atoms with Gasteiger partial charge in [-0.05, 0) is 30.8 Å². The van der Waals surface area contributed by atoms with E-state index in [4.69, 9.17) is 0 Å². The molecule has 1 amide bonds. The minimum absolute atomic E-state index is 0.183. The van der Waals surface area contributed by atoms with Crippen LogP contribution in [0.5, 0.6) is 0 Å². The van der Waals surface area contributed by atoms with Crippen LogP contribution in [-0.4, -0.2) is 83.0 Å². The van der Waals surface area contributed by atoms with Crippen LogP contribution in [0.1, 0.15) is 10.6 Å². The molecule has 168 valence electrons. The zero-order valence-electron chi connectivity index (χ0n) is 19.1. The fourth-order valence-corrected chi connectivity index (χ4v) is 4.11. The van der Waals surface area contributed by atoms with E-state index in [2.05, 4.69) is 67.1 Å². The van der Waals surface area contributed by atoms with Gasteiger partial charge in [0.25, 0.3) is 5.91 Å². The summed E-state index contributed by atoms with van der Waals surface area (Å²) in [6, 6.07) is 10.8. The van der Waals surface area contributed by atoms with Crippen LogP contribution in [0.3, 0.4) is 0 Å². The Hall–Kier alpha value is -3.78. The summed E-state index contributed by atoms with van der Waals surface area (Å²) >= 11 is 0. The van der Waals surface area contributed by atoms with E-state index in [0.29, 0.717) is 0 Å². The minimum Gasteiger partial charge on any atom is -0.369 e. The van der Waals surface area contributed by atoms with Crippen molar-refractivity contribution in [2.24, 2.45) is 0 Å². The zero-order valence-corrected chi connectivity index (χ0v) is 19.1. The topological polar surface area (TPSA) is 81.2 Å². The molecule has 33 heavy (non-hydrogen) atoms. The smallest absolute Gasteiger partial charge is 0.291 e. The number of H-pyrrole nitrogens is 1. The Morgan fingerprint density at radius 1 is 0.909 bits per heavy atom. The highest BCUT2D eigenvalue weighted by atomic mass is 16.2. The second-order valence-electron chi connectivity index (χ2n) is 8.65. The van der Waals surface area contributed by atoms with Crippen molar-refractivity contribution in [1.82, 2.24) is 29.7 Å². The molecule has 1 saturated heterocycles. The molecule has 4 aromatic rings. The average molecular weight is 442 g/mol. The summed E-state index contributed by atoms with van der Waals surface area (Å²) in [5, 5.41) is 0.992. The number of piperazine rings is 1. The minimum atomic E-state index is -0.218. The van der Waals surface area contributed by atoms with Crippen molar-refractivity contribution in [3.05, 3.63) is 60.9 Å². The van der Waals surface area contributed by atoms with Crippen molar-refractivity contribution in [2.75, 3.05) is 52.2 Å². The molecule has 0 atom stereocenters. The standard InChI is InChI=1S/C25H27N7O/c1-30(2)25(33)24-27-14-19(15-28-24)22-16-29-23-21(22)12-18(13-26-23)17-4-6-20(7-5-17)32-10-8-31(3)9-11-32/h4-7,12-16H,8-11H2,1-3H3,(H,26,29). The van der Waals surface area contributed by atoms with Gasteiger partial charge in [-0.15, -0.1) is 0 Å². The number of amides is 1. The molecule has 1 fully saturated rings. The Labute approximate surface area is 192 Å². The monoisotopic (exact) mass is 441 g/mol. The van der Waals surface area contributed by atoms with E-state index in [1.54, 1.807) is 26.5 Å². The van der Waals surface area contributed by atoms with Crippen molar-refractivity contribution in [2.45, 2.75) is 0 Å². The Bertz CT molecular complexity index is 1270. The van der Waals surface area contributed by atoms with Gasteiger partial charge in [0, 0.05) is 92.8 Å². The lowest BCUT2D eigenvalue weighted by atomic mass is 10.0. The van der Waals surface area contributed by atoms with Gasteiger partial charge in [-0.3, -0.25) is 4.79 Å². The number of hydrogen-bond acceptors (Lipinski definition) is 6. The Kier molecular flexibility index (Phi) is 5.51. The van der Waals surface area contributed by atoms with Crippen LogP contribution in [0.15, 0.2) is 55.1 Å². The Morgan fingerprint density at radius 2 is 1.58 bits per heavy atom. The molecule has 1 aliphatic rings. The molecular weight excluding hydrogens is 414 g/mol. The number of fused-ring (bicyclic) bond motifs is 1. The number of aromatic nitrogens is 4. The van der Waals surface area contributed by atoms with Gasteiger partial charge in [0.15, 0.2) is 0 Å². The summed E-state index contributed by atoms with van der Waals surface area (Å²) in [5.74, 6) is -0.0349. The van der Waals surface area contributed by atoms with Crippen LogP contribution in [0, 0.1) is 0 Å². The normalized spacial score (nSPS) is 14.6. The number of carbonyl (C=O) groups is 1. The summed E-state index contributed by atoms with van der Waals surface area (Å²) in [6.45, 7) is 4.29. The molecule has 0 bridgehead atoms. The molecule has 0 aliphatic carbocycles. The third-order valence-corrected chi connectivity index (χ3v) is 6.16. The highest BCUT2D eigenvalue weighted by Gasteiger charge is 2.16. The van der Waals surface area contributed by atoms with Crippen molar-refractivity contribution < 1.29 is 4.79 Å². The first-order valence-corrected chi connectivity index (χ1v) is 11.0. The highest BCUT2D eigenvalue weighted by Crippen LogP contribution is 2.31. The Balaban J connectivity index is 1.42. The number of carbonyl (C=O) groups excluding carboxylic acids is 1. The van der Waals surface area contributed by atoms with Crippen LogP contribution in [0.25, 0.3) is 33.3 Å². The number of likely N-dealkylation sites (N-methyl/N-ethyl adjacent to an activating group) is 1. The van der Waals surface area contributed by atoms with E-state index >= 15 is 0 Å².